The Balaban J connectivity index is 1.41. The van der Waals surface area contributed by atoms with Crippen LogP contribution < -0.4 is 14.8 Å². The molecule has 10 heteroatoms. The number of carbonyl (C=O) groups is 1. The Morgan fingerprint density at radius 3 is 2.47 bits per heavy atom. The van der Waals surface area contributed by atoms with Gasteiger partial charge in [0.15, 0.2) is 0 Å². The van der Waals surface area contributed by atoms with E-state index in [0.717, 1.165) is 5.56 Å². The molecule has 0 aliphatic heterocycles. The number of hydrogen-bond acceptors (Lipinski definition) is 6. The number of sulfonamides is 1. The molecule has 1 aromatic heterocycles. The number of aromatic nitrogens is 1. The summed E-state index contributed by atoms with van der Waals surface area (Å²) >= 11 is 1.36. The van der Waals surface area contributed by atoms with Crippen molar-refractivity contribution < 1.29 is 22.3 Å². The lowest BCUT2D eigenvalue weighted by Crippen LogP contribution is -2.16. The number of carbonyl (C=O) groups excluding carboxylic acids is 1. The standard InChI is InChI=1S/C24H20FN3O4S2/c1-32-21-11-9-18(10-12-21)28-34(30,31)22-4-2-3-19(13-22)26-23(29)14-20-15-33-24(27-20)16-5-7-17(25)8-6-16/h2-13,15,28H,14H2,1H3,(H,26,29). The van der Waals surface area contributed by atoms with Crippen LogP contribution in [-0.2, 0) is 21.2 Å². The van der Waals surface area contributed by atoms with Crippen molar-refractivity contribution in [3.63, 3.8) is 0 Å². The van der Waals surface area contributed by atoms with Gasteiger partial charge < -0.3 is 10.1 Å². The van der Waals surface area contributed by atoms with E-state index in [9.17, 15) is 17.6 Å². The average Bonchev–Trinajstić information content (AvgIpc) is 3.28. The molecule has 1 amide bonds. The van der Waals surface area contributed by atoms with Gasteiger partial charge in [0.05, 0.1) is 24.1 Å². The molecule has 3 aromatic carbocycles. The number of nitrogens with zero attached hydrogens (tertiary/aromatic N) is 1. The maximum atomic E-state index is 13.1. The van der Waals surface area contributed by atoms with E-state index in [1.54, 1.807) is 53.9 Å². The van der Waals surface area contributed by atoms with Gasteiger partial charge in [-0.1, -0.05) is 6.07 Å². The summed E-state index contributed by atoms with van der Waals surface area (Å²) in [7, 11) is -2.33. The van der Waals surface area contributed by atoms with Gasteiger partial charge in [0, 0.05) is 22.3 Å². The Kier molecular flexibility index (Phi) is 6.90. The Hall–Kier alpha value is -3.76. The second kappa shape index (κ2) is 10.0. The largest absolute Gasteiger partial charge is 0.497 e. The monoisotopic (exact) mass is 497 g/mol. The first kappa shape index (κ1) is 23.4. The normalized spacial score (nSPS) is 11.1. The summed E-state index contributed by atoms with van der Waals surface area (Å²) in [5.41, 5.74) is 2.06. The molecule has 0 spiro atoms. The van der Waals surface area contributed by atoms with Crippen molar-refractivity contribution in [3.05, 3.63) is 89.7 Å². The number of methoxy groups -OCH3 is 1. The lowest BCUT2D eigenvalue weighted by molar-refractivity contribution is -0.115. The van der Waals surface area contributed by atoms with E-state index < -0.39 is 10.0 Å². The quantitative estimate of drug-likeness (QED) is 0.359. The summed E-state index contributed by atoms with van der Waals surface area (Å²) in [6, 6.07) is 18.4. The zero-order valence-electron chi connectivity index (χ0n) is 18.0. The van der Waals surface area contributed by atoms with Gasteiger partial charge in [0.1, 0.15) is 16.6 Å². The van der Waals surface area contributed by atoms with Gasteiger partial charge in [-0.15, -0.1) is 11.3 Å². The van der Waals surface area contributed by atoms with Crippen molar-refractivity contribution in [3.8, 4) is 16.3 Å². The predicted molar refractivity (Wildman–Crippen MR) is 130 cm³/mol. The molecule has 4 rings (SSSR count). The fourth-order valence-corrected chi connectivity index (χ4v) is 5.03. The van der Waals surface area contributed by atoms with Crippen molar-refractivity contribution in [1.29, 1.82) is 0 Å². The van der Waals surface area contributed by atoms with Crippen molar-refractivity contribution in [2.24, 2.45) is 0 Å². The summed E-state index contributed by atoms with van der Waals surface area (Å²) in [5, 5.41) is 5.15. The highest BCUT2D eigenvalue weighted by atomic mass is 32.2. The van der Waals surface area contributed by atoms with E-state index in [1.807, 2.05) is 0 Å². The minimum atomic E-state index is -3.86. The zero-order valence-corrected chi connectivity index (χ0v) is 19.6. The minimum Gasteiger partial charge on any atom is -0.497 e. The second-order valence-corrected chi connectivity index (χ2v) is 9.78. The Morgan fingerprint density at radius 2 is 1.76 bits per heavy atom. The molecule has 0 fully saturated rings. The van der Waals surface area contributed by atoms with E-state index in [0.29, 0.717) is 27.8 Å². The molecule has 7 nitrogen and oxygen atoms in total. The van der Waals surface area contributed by atoms with Crippen LogP contribution in [0.25, 0.3) is 10.6 Å². The number of hydrogen-bond donors (Lipinski definition) is 2. The highest BCUT2D eigenvalue weighted by Crippen LogP contribution is 2.25. The Morgan fingerprint density at radius 1 is 1.03 bits per heavy atom. The van der Waals surface area contributed by atoms with Crippen LogP contribution in [0.5, 0.6) is 5.75 Å². The van der Waals surface area contributed by atoms with Crippen molar-refractivity contribution in [2.45, 2.75) is 11.3 Å². The molecular weight excluding hydrogens is 477 g/mol. The third kappa shape index (κ3) is 5.77. The second-order valence-electron chi connectivity index (χ2n) is 7.24. The molecule has 0 saturated carbocycles. The highest BCUT2D eigenvalue weighted by Gasteiger charge is 2.16. The number of halogens is 1. The molecule has 2 N–H and O–H groups in total. The van der Waals surface area contributed by atoms with Crippen LogP contribution in [-0.4, -0.2) is 26.4 Å². The summed E-state index contributed by atoms with van der Waals surface area (Å²) in [5.74, 6) is -0.0606. The van der Waals surface area contributed by atoms with Crippen LogP contribution in [0.15, 0.2) is 83.1 Å². The molecule has 0 unspecified atom stereocenters. The van der Waals surface area contributed by atoms with Gasteiger partial charge in [0.2, 0.25) is 5.91 Å². The van der Waals surface area contributed by atoms with Gasteiger partial charge in [-0.05, 0) is 66.7 Å². The average molecular weight is 498 g/mol. The van der Waals surface area contributed by atoms with E-state index in [4.69, 9.17) is 4.74 Å². The molecule has 0 atom stereocenters. The molecule has 0 radical (unpaired) electrons. The molecular formula is C24H20FN3O4S2. The topological polar surface area (TPSA) is 97.4 Å². The maximum Gasteiger partial charge on any atom is 0.261 e. The van der Waals surface area contributed by atoms with Gasteiger partial charge in [0.25, 0.3) is 10.0 Å². The Labute approximate surface area is 200 Å². The van der Waals surface area contributed by atoms with Crippen LogP contribution in [0.3, 0.4) is 0 Å². The van der Waals surface area contributed by atoms with Crippen molar-refractivity contribution in [2.75, 3.05) is 17.1 Å². The number of amides is 1. The fourth-order valence-electron chi connectivity index (χ4n) is 3.10. The first-order valence-corrected chi connectivity index (χ1v) is 12.5. The van der Waals surface area contributed by atoms with Crippen LogP contribution in [0.1, 0.15) is 5.69 Å². The molecule has 174 valence electrons. The molecule has 0 aliphatic rings. The molecule has 0 aliphatic carbocycles. The van der Waals surface area contributed by atoms with Gasteiger partial charge in [-0.25, -0.2) is 17.8 Å². The number of nitrogens with one attached hydrogen (secondary N) is 2. The molecule has 34 heavy (non-hydrogen) atoms. The number of anilines is 2. The number of ether oxygens (including phenoxy) is 1. The third-order valence-electron chi connectivity index (χ3n) is 4.75. The Bertz CT molecular complexity index is 1400. The van der Waals surface area contributed by atoms with E-state index in [1.165, 1.54) is 42.7 Å². The van der Waals surface area contributed by atoms with Crippen LogP contribution in [0.4, 0.5) is 15.8 Å². The molecule has 1 heterocycles. The van der Waals surface area contributed by atoms with Crippen molar-refractivity contribution in [1.82, 2.24) is 4.98 Å². The summed E-state index contributed by atoms with van der Waals surface area (Å²) in [6.45, 7) is 0. The third-order valence-corrected chi connectivity index (χ3v) is 7.07. The van der Waals surface area contributed by atoms with Crippen LogP contribution in [0.2, 0.25) is 0 Å². The van der Waals surface area contributed by atoms with E-state index >= 15 is 0 Å². The highest BCUT2D eigenvalue weighted by molar-refractivity contribution is 7.92. The molecule has 0 saturated heterocycles. The SMILES string of the molecule is COc1ccc(NS(=O)(=O)c2cccc(NC(=O)Cc3csc(-c4ccc(F)cc4)n3)c2)cc1. The van der Waals surface area contributed by atoms with E-state index in [-0.39, 0.29) is 23.0 Å². The summed E-state index contributed by atoms with van der Waals surface area (Å²) in [6.07, 6.45) is 0.0127. The first-order valence-electron chi connectivity index (χ1n) is 10.1. The molecule has 0 bridgehead atoms. The maximum absolute atomic E-state index is 13.1. The van der Waals surface area contributed by atoms with Crippen LogP contribution >= 0.6 is 11.3 Å². The minimum absolute atomic E-state index is 0.00775. The number of thiazole rings is 1. The van der Waals surface area contributed by atoms with Crippen LogP contribution in [0, 0.1) is 5.82 Å². The summed E-state index contributed by atoms with van der Waals surface area (Å²) in [4.78, 5) is 16.9. The van der Waals surface area contributed by atoms with E-state index in [2.05, 4.69) is 15.0 Å². The van der Waals surface area contributed by atoms with Gasteiger partial charge in [-0.3, -0.25) is 9.52 Å². The molecule has 4 aromatic rings. The van der Waals surface area contributed by atoms with Gasteiger partial charge >= 0.3 is 0 Å². The lowest BCUT2D eigenvalue weighted by Gasteiger charge is -2.10. The first-order chi connectivity index (χ1) is 16.3. The fraction of sp³-hybridized carbons (Fsp3) is 0.0833. The predicted octanol–water partition coefficient (Wildman–Crippen LogP) is 4.94. The van der Waals surface area contributed by atoms with Crippen molar-refractivity contribution >= 4 is 38.6 Å². The zero-order chi connectivity index (χ0) is 24.1. The number of rotatable bonds is 8. The number of benzene rings is 3. The smallest absolute Gasteiger partial charge is 0.261 e. The summed E-state index contributed by atoms with van der Waals surface area (Å²) < 4.78 is 46.2. The van der Waals surface area contributed by atoms with Gasteiger partial charge in [-0.2, -0.15) is 0 Å². The lowest BCUT2D eigenvalue weighted by atomic mass is 10.2.